The number of amides is 2. The van der Waals surface area contributed by atoms with Crippen molar-refractivity contribution in [2.75, 3.05) is 13.1 Å². The highest BCUT2D eigenvalue weighted by Crippen LogP contribution is 2.19. The molecule has 6 heteroatoms. The monoisotopic (exact) mass is 427 g/mol. The van der Waals surface area contributed by atoms with Crippen molar-refractivity contribution < 1.29 is 9.59 Å². The molecule has 160 valence electrons. The zero-order chi connectivity index (χ0) is 21.5. The lowest BCUT2D eigenvalue weighted by Gasteiger charge is -2.31. The van der Waals surface area contributed by atoms with Crippen LogP contribution in [-0.2, 0) is 17.9 Å². The number of hydrogen-bond acceptors (Lipinski definition) is 3. The number of nitrogens with one attached hydrogen (secondary N) is 2. The first kappa shape index (κ1) is 22.3. The average Bonchev–Trinajstić information content (AvgIpc) is 2.73. The van der Waals surface area contributed by atoms with Crippen LogP contribution in [0.5, 0.6) is 0 Å². The molecule has 0 spiro atoms. The first-order valence-corrected chi connectivity index (χ1v) is 10.9. The maximum absolute atomic E-state index is 12.5. The van der Waals surface area contributed by atoms with Crippen LogP contribution in [0, 0.1) is 5.92 Å². The van der Waals surface area contributed by atoms with Crippen molar-refractivity contribution >= 4 is 23.4 Å². The van der Waals surface area contributed by atoms with E-state index in [1.54, 1.807) is 31.2 Å². The second kappa shape index (κ2) is 10.6. The minimum atomic E-state index is -0.663. The Bertz CT molecular complexity index is 886. The fraction of sp³-hybridized carbons (Fsp3) is 0.417. The van der Waals surface area contributed by atoms with Gasteiger partial charge in [-0.05, 0) is 55.5 Å². The van der Waals surface area contributed by atoms with Crippen molar-refractivity contribution in [3.05, 3.63) is 70.2 Å². The average molecular weight is 428 g/mol. The van der Waals surface area contributed by atoms with E-state index in [-0.39, 0.29) is 11.8 Å². The van der Waals surface area contributed by atoms with Gasteiger partial charge in [0, 0.05) is 19.6 Å². The summed E-state index contributed by atoms with van der Waals surface area (Å²) in [6, 6.07) is 14.3. The van der Waals surface area contributed by atoms with Crippen LogP contribution in [0.3, 0.4) is 0 Å². The summed E-state index contributed by atoms with van der Waals surface area (Å²) in [5.41, 5.74) is 2.70. The summed E-state index contributed by atoms with van der Waals surface area (Å²) in [6.07, 6.45) is 2.54. The summed E-state index contributed by atoms with van der Waals surface area (Å²) in [5, 5.41) is 6.03. The molecule has 0 saturated carbocycles. The Morgan fingerprint density at radius 2 is 1.83 bits per heavy atom. The van der Waals surface area contributed by atoms with Gasteiger partial charge in [0.2, 0.25) is 5.91 Å². The zero-order valence-corrected chi connectivity index (χ0v) is 18.4. The number of benzene rings is 2. The van der Waals surface area contributed by atoms with Crippen LogP contribution in [0.2, 0.25) is 5.02 Å². The van der Waals surface area contributed by atoms with E-state index in [0.717, 1.165) is 31.1 Å². The maximum Gasteiger partial charge on any atom is 0.253 e. The minimum Gasteiger partial charge on any atom is -0.350 e. The zero-order valence-electron chi connectivity index (χ0n) is 17.7. The molecule has 1 heterocycles. The Morgan fingerprint density at radius 3 is 2.57 bits per heavy atom. The van der Waals surface area contributed by atoms with Gasteiger partial charge in [0.25, 0.3) is 5.91 Å². The van der Waals surface area contributed by atoms with Crippen molar-refractivity contribution in [3.8, 4) is 0 Å². The van der Waals surface area contributed by atoms with E-state index in [1.807, 2.05) is 12.1 Å². The highest BCUT2D eigenvalue weighted by atomic mass is 35.5. The largest absolute Gasteiger partial charge is 0.350 e. The number of hydrogen-bond donors (Lipinski definition) is 2. The van der Waals surface area contributed by atoms with Gasteiger partial charge in [-0.3, -0.25) is 14.5 Å². The van der Waals surface area contributed by atoms with E-state index in [0.29, 0.717) is 17.1 Å². The number of rotatable bonds is 7. The van der Waals surface area contributed by atoms with Gasteiger partial charge in [0.05, 0.1) is 10.6 Å². The van der Waals surface area contributed by atoms with Gasteiger partial charge in [-0.25, -0.2) is 0 Å². The summed E-state index contributed by atoms with van der Waals surface area (Å²) in [6.45, 7) is 7.55. The number of likely N-dealkylation sites (tertiary alicyclic amines) is 1. The Hall–Kier alpha value is -2.37. The topological polar surface area (TPSA) is 61.4 Å². The van der Waals surface area contributed by atoms with Crippen molar-refractivity contribution in [3.63, 3.8) is 0 Å². The van der Waals surface area contributed by atoms with Gasteiger partial charge >= 0.3 is 0 Å². The number of halogens is 1. The molecule has 0 bridgehead atoms. The van der Waals surface area contributed by atoms with Crippen molar-refractivity contribution in [2.24, 2.45) is 5.92 Å². The van der Waals surface area contributed by atoms with Crippen LogP contribution >= 0.6 is 11.6 Å². The number of carbonyl (C=O) groups excluding carboxylic acids is 2. The fourth-order valence-electron chi connectivity index (χ4n) is 3.88. The summed E-state index contributed by atoms with van der Waals surface area (Å²) in [4.78, 5) is 27.4. The predicted molar refractivity (Wildman–Crippen MR) is 120 cm³/mol. The van der Waals surface area contributed by atoms with Crippen molar-refractivity contribution in [2.45, 2.75) is 45.8 Å². The molecule has 1 saturated heterocycles. The number of piperidine rings is 1. The first-order valence-electron chi connectivity index (χ1n) is 10.6. The molecule has 1 fully saturated rings. The van der Waals surface area contributed by atoms with E-state index in [1.165, 1.54) is 18.4 Å². The second-order valence-electron chi connectivity index (χ2n) is 8.14. The minimum absolute atomic E-state index is 0.225. The lowest BCUT2D eigenvalue weighted by molar-refractivity contribution is -0.122. The molecule has 0 unspecified atom stereocenters. The molecule has 0 aromatic heterocycles. The third-order valence-corrected chi connectivity index (χ3v) is 5.90. The molecular formula is C24H30ClN3O2. The van der Waals surface area contributed by atoms with Crippen LogP contribution < -0.4 is 10.6 Å². The molecule has 5 nitrogen and oxygen atoms in total. The molecule has 30 heavy (non-hydrogen) atoms. The summed E-state index contributed by atoms with van der Waals surface area (Å²) >= 11 is 6.06. The first-order chi connectivity index (χ1) is 14.4. The van der Waals surface area contributed by atoms with Gasteiger partial charge < -0.3 is 10.6 Å². The van der Waals surface area contributed by atoms with Crippen LogP contribution in [0.15, 0.2) is 48.5 Å². The van der Waals surface area contributed by atoms with Gasteiger partial charge in [0.1, 0.15) is 6.04 Å². The van der Waals surface area contributed by atoms with Crippen LogP contribution in [0.1, 0.15) is 48.2 Å². The molecule has 2 atom stereocenters. The van der Waals surface area contributed by atoms with Gasteiger partial charge in [0.15, 0.2) is 0 Å². The predicted octanol–water partition coefficient (Wildman–Crippen LogP) is 4.01. The molecule has 3 rings (SSSR count). The van der Waals surface area contributed by atoms with Gasteiger partial charge in [-0.2, -0.15) is 0 Å². The molecule has 0 aliphatic carbocycles. The van der Waals surface area contributed by atoms with E-state index in [2.05, 4.69) is 34.6 Å². The normalized spacial score (nSPS) is 17.9. The third-order valence-electron chi connectivity index (χ3n) is 5.57. The number of nitrogens with zero attached hydrogens (tertiary/aromatic N) is 1. The van der Waals surface area contributed by atoms with E-state index < -0.39 is 6.04 Å². The van der Waals surface area contributed by atoms with Gasteiger partial charge in [-0.15, -0.1) is 0 Å². The summed E-state index contributed by atoms with van der Waals surface area (Å²) < 4.78 is 0. The smallest absolute Gasteiger partial charge is 0.253 e. The summed E-state index contributed by atoms with van der Waals surface area (Å²) in [5.74, 6) is 0.146. The van der Waals surface area contributed by atoms with Crippen molar-refractivity contribution in [1.82, 2.24) is 15.5 Å². The molecule has 2 aromatic carbocycles. The highest BCUT2D eigenvalue weighted by molar-refractivity contribution is 6.33. The van der Waals surface area contributed by atoms with Crippen molar-refractivity contribution in [1.29, 1.82) is 0 Å². The Morgan fingerprint density at radius 1 is 1.13 bits per heavy atom. The molecule has 1 aliphatic heterocycles. The van der Waals surface area contributed by atoms with E-state index >= 15 is 0 Å². The standard InChI is InChI=1S/C24H30ClN3O2/c1-17-8-7-13-28(15-17)16-20-10-4-3-9-19(20)14-26-23(29)18(2)27-24(30)21-11-5-6-12-22(21)25/h3-6,9-12,17-18H,7-8,13-16H2,1-2H3,(H,26,29)(H,27,30)/t17-,18+/m0/s1. The lowest BCUT2D eigenvalue weighted by atomic mass is 9.99. The van der Waals surface area contributed by atoms with E-state index in [9.17, 15) is 9.59 Å². The lowest BCUT2D eigenvalue weighted by Crippen LogP contribution is -2.44. The molecule has 2 amide bonds. The molecule has 1 aliphatic rings. The molecular weight excluding hydrogens is 398 g/mol. The van der Waals surface area contributed by atoms with Gasteiger partial charge in [-0.1, -0.05) is 54.9 Å². The maximum atomic E-state index is 12.5. The second-order valence-corrected chi connectivity index (χ2v) is 8.55. The van der Waals surface area contributed by atoms with Crippen LogP contribution in [-0.4, -0.2) is 35.8 Å². The summed E-state index contributed by atoms with van der Waals surface area (Å²) in [7, 11) is 0. The molecule has 0 radical (unpaired) electrons. The Balaban J connectivity index is 1.55. The Kier molecular flexibility index (Phi) is 7.88. The number of carbonyl (C=O) groups is 2. The van der Waals surface area contributed by atoms with Crippen LogP contribution in [0.25, 0.3) is 0 Å². The SMILES string of the molecule is C[C@H]1CCCN(Cc2ccccc2CNC(=O)[C@@H](C)NC(=O)c2ccccc2Cl)C1. The highest BCUT2D eigenvalue weighted by Gasteiger charge is 2.19. The van der Waals surface area contributed by atoms with E-state index in [4.69, 9.17) is 11.6 Å². The third kappa shape index (κ3) is 6.07. The quantitative estimate of drug-likeness (QED) is 0.701. The fourth-order valence-corrected chi connectivity index (χ4v) is 4.10. The molecule has 2 aromatic rings. The molecule has 2 N–H and O–H groups in total. The van der Waals surface area contributed by atoms with Crippen LogP contribution in [0.4, 0.5) is 0 Å². The Labute approximate surface area is 183 Å².